The predicted octanol–water partition coefficient (Wildman–Crippen LogP) is 1.99. The zero-order valence-electron chi connectivity index (χ0n) is 8.83. The molecule has 1 aromatic carbocycles. The standard InChI is InChI=1S/C8H9B.C3H9N/c9-7-6-8-4-2-1-3-5-8;1-4(2)3/h1-5H,6-7H2;1-3H3. The van der Waals surface area contributed by atoms with E-state index in [2.05, 4.69) is 12.1 Å². The van der Waals surface area contributed by atoms with Crippen LogP contribution in [0.1, 0.15) is 5.56 Å². The van der Waals surface area contributed by atoms with Crippen LogP contribution in [0.3, 0.4) is 0 Å². The third-order valence-corrected chi connectivity index (χ3v) is 1.28. The Hall–Kier alpha value is -0.755. The average molecular weight is 175 g/mol. The lowest BCUT2D eigenvalue weighted by molar-refractivity contribution is 0.505. The van der Waals surface area contributed by atoms with Crippen LogP contribution in [0, 0.1) is 0 Å². The van der Waals surface area contributed by atoms with Gasteiger partial charge in [-0.3, -0.25) is 0 Å². The van der Waals surface area contributed by atoms with Crippen LogP contribution >= 0.6 is 0 Å². The molecule has 0 aliphatic heterocycles. The molecule has 2 heteroatoms. The molecule has 0 aromatic heterocycles. The summed E-state index contributed by atoms with van der Waals surface area (Å²) >= 11 is 0. The van der Waals surface area contributed by atoms with Crippen molar-refractivity contribution in [3.8, 4) is 0 Å². The molecular formula is C11H18BN. The van der Waals surface area contributed by atoms with Gasteiger partial charge in [0.05, 0.1) is 7.85 Å². The molecule has 1 aromatic rings. The molecule has 1 rings (SSSR count). The molecule has 13 heavy (non-hydrogen) atoms. The first-order valence-corrected chi connectivity index (χ1v) is 4.51. The maximum atomic E-state index is 5.36. The summed E-state index contributed by atoms with van der Waals surface area (Å²) < 4.78 is 0. The van der Waals surface area contributed by atoms with Gasteiger partial charge in [0, 0.05) is 0 Å². The molecule has 0 saturated heterocycles. The molecule has 2 radical (unpaired) electrons. The first kappa shape index (κ1) is 12.2. The van der Waals surface area contributed by atoms with Gasteiger partial charge in [-0.05, 0) is 33.1 Å². The van der Waals surface area contributed by atoms with Gasteiger partial charge in [0.15, 0.2) is 0 Å². The van der Waals surface area contributed by atoms with E-state index in [9.17, 15) is 0 Å². The molecule has 1 nitrogen and oxygen atoms in total. The highest BCUT2D eigenvalue weighted by atomic mass is 15.0. The molecule has 0 spiro atoms. The molecule has 0 aliphatic rings. The Morgan fingerprint density at radius 1 is 1.08 bits per heavy atom. The highest BCUT2D eigenvalue weighted by Crippen LogP contribution is 1.99. The second-order valence-corrected chi connectivity index (χ2v) is 3.37. The number of benzene rings is 1. The lowest BCUT2D eigenvalue weighted by Crippen LogP contribution is -1.99. The van der Waals surface area contributed by atoms with Gasteiger partial charge in [-0.25, -0.2) is 0 Å². The normalized spacial score (nSPS) is 9.23. The summed E-state index contributed by atoms with van der Waals surface area (Å²) in [5.74, 6) is 0. The molecule has 0 aliphatic carbocycles. The summed E-state index contributed by atoms with van der Waals surface area (Å²) in [5.41, 5.74) is 1.32. The van der Waals surface area contributed by atoms with Crippen LogP contribution in [0.2, 0.25) is 6.32 Å². The Morgan fingerprint density at radius 3 is 1.92 bits per heavy atom. The number of nitrogens with zero attached hydrogens (tertiary/aromatic N) is 1. The van der Waals surface area contributed by atoms with Crippen LogP contribution < -0.4 is 0 Å². The van der Waals surface area contributed by atoms with Gasteiger partial charge in [-0.1, -0.05) is 36.7 Å². The maximum absolute atomic E-state index is 5.36. The lowest BCUT2D eigenvalue weighted by Gasteiger charge is -1.93. The SMILES string of the molecule is CN(C)C.[B]CCc1ccccc1. The molecule has 0 unspecified atom stereocenters. The summed E-state index contributed by atoms with van der Waals surface area (Å²) in [4.78, 5) is 2.00. The quantitative estimate of drug-likeness (QED) is 0.621. The number of hydrogen-bond acceptors (Lipinski definition) is 1. The van der Waals surface area contributed by atoms with E-state index in [1.54, 1.807) is 0 Å². The minimum Gasteiger partial charge on any atom is -0.312 e. The highest BCUT2D eigenvalue weighted by molar-refractivity contribution is 6.08. The van der Waals surface area contributed by atoms with Gasteiger partial charge in [0.2, 0.25) is 0 Å². The number of hydrogen-bond donors (Lipinski definition) is 0. The zero-order valence-corrected chi connectivity index (χ0v) is 8.83. The first-order valence-electron chi connectivity index (χ1n) is 4.51. The van der Waals surface area contributed by atoms with Crippen LogP contribution in [-0.4, -0.2) is 33.9 Å². The monoisotopic (exact) mass is 175 g/mol. The van der Waals surface area contributed by atoms with E-state index in [1.807, 2.05) is 44.2 Å². The molecule has 0 heterocycles. The Labute approximate surface area is 83.2 Å². The fourth-order valence-corrected chi connectivity index (χ4v) is 0.811. The number of aryl methyl sites for hydroxylation is 1. The first-order chi connectivity index (χ1) is 6.16. The van der Waals surface area contributed by atoms with Crippen LogP contribution in [-0.2, 0) is 6.42 Å². The summed E-state index contributed by atoms with van der Waals surface area (Å²) in [5, 5.41) is 0. The fraction of sp³-hybridized carbons (Fsp3) is 0.455. The average Bonchev–Trinajstić information content (AvgIpc) is 2.06. The molecular weight excluding hydrogens is 157 g/mol. The van der Waals surface area contributed by atoms with Crippen molar-refractivity contribution < 1.29 is 0 Å². The van der Waals surface area contributed by atoms with Gasteiger partial charge in [-0.15, -0.1) is 0 Å². The van der Waals surface area contributed by atoms with E-state index in [0.29, 0.717) is 0 Å². The smallest absolute Gasteiger partial charge is 0.0657 e. The van der Waals surface area contributed by atoms with Crippen LogP contribution in [0.15, 0.2) is 30.3 Å². The van der Waals surface area contributed by atoms with Crippen LogP contribution in [0.4, 0.5) is 0 Å². The number of rotatable bonds is 2. The summed E-state index contributed by atoms with van der Waals surface area (Å²) in [6.07, 6.45) is 1.73. The van der Waals surface area contributed by atoms with E-state index >= 15 is 0 Å². The van der Waals surface area contributed by atoms with Crippen molar-refractivity contribution in [3.05, 3.63) is 35.9 Å². The van der Waals surface area contributed by atoms with Crippen molar-refractivity contribution in [2.75, 3.05) is 21.1 Å². The zero-order chi connectivity index (χ0) is 10.1. The van der Waals surface area contributed by atoms with Crippen molar-refractivity contribution in [2.45, 2.75) is 12.7 Å². The van der Waals surface area contributed by atoms with Crippen molar-refractivity contribution in [1.29, 1.82) is 0 Å². The fourth-order valence-electron chi connectivity index (χ4n) is 0.811. The van der Waals surface area contributed by atoms with Gasteiger partial charge in [-0.2, -0.15) is 0 Å². The Kier molecular flexibility index (Phi) is 7.41. The van der Waals surface area contributed by atoms with Crippen LogP contribution in [0.25, 0.3) is 0 Å². The third kappa shape index (κ3) is 9.16. The van der Waals surface area contributed by atoms with E-state index in [1.165, 1.54) is 5.56 Å². The van der Waals surface area contributed by atoms with Gasteiger partial charge >= 0.3 is 0 Å². The second kappa shape index (κ2) is 7.87. The van der Waals surface area contributed by atoms with Crippen molar-refractivity contribution in [1.82, 2.24) is 4.90 Å². The van der Waals surface area contributed by atoms with Crippen LogP contribution in [0.5, 0.6) is 0 Å². The highest BCUT2D eigenvalue weighted by Gasteiger charge is 1.84. The van der Waals surface area contributed by atoms with E-state index in [-0.39, 0.29) is 0 Å². The predicted molar refractivity (Wildman–Crippen MR) is 60.3 cm³/mol. The van der Waals surface area contributed by atoms with Gasteiger partial charge in [0.1, 0.15) is 0 Å². The molecule has 0 saturated carbocycles. The van der Waals surface area contributed by atoms with Crippen molar-refractivity contribution in [3.63, 3.8) is 0 Å². The third-order valence-electron chi connectivity index (χ3n) is 1.28. The minimum atomic E-state index is 0.740. The van der Waals surface area contributed by atoms with E-state index in [0.717, 1.165) is 12.7 Å². The molecule has 0 fully saturated rings. The van der Waals surface area contributed by atoms with Crippen molar-refractivity contribution >= 4 is 7.85 Å². The molecule has 0 atom stereocenters. The largest absolute Gasteiger partial charge is 0.312 e. The second-order valence-electron chi connectivity index (χ2n) is 3.37. The topological polar surface area (TPSA) is 3.24 Å². The summed E-state index contributed by atoms with van der Waals surface area (Å²) in [6.45, 7) is 0. The Bertz CT molecular complexity index is 194. The Morgan fingerprint density at radius 2 is 1.54 bits per heavy atom. The van der Waals surface area contributed by atoms with Gasteiger partial charge < -0.3 is 4.90 Å². The van der Waals surface area contributed by atoms with E-state index in [4.69, 9.17) is 7.85 Å². The minimum absolute atomic E-state index is 0.740. The van der Waals surface area contributed by atoms with Crippen molar-refractivity contribution in [2.24, 2.45) is 0 Å². The summed E-state index contributed by atoms with van der Waals surface area (Å²) in [6, 6.07) is 10.3. The molecule has 70 valence electrons. The molecule has 0 bridgehead atoms. The maximum Gasteiger partial charge on any atom is 0.0657 e. The summed E-state index contributed by atoms with van der Waals surface area (Å²) in [7, 11) is 11.4. The van der Waals surface area contributed by atoms with E-state index < -0.39 is 0 Å². The van der Waals surface area contributed by atoms with Gasteiger partial charge in [0.25, 0.3) is 0 Å². The Balaban J connectivity index is 0.000000310. The molecule has 0 N–H and O–H groups in total. The lowest BCUT2D eigenvalue weighted by atomic mass is 9.98. The molecule has 0 amide bonds.